The van der Waals surface area contributed by atoms with Gasteiger partial charge in [0, 0.05) is 14.1 Å². The van der Waals surface area contributed by atoms with Crippen molar-refractivity contribution in [2.24, 2.45) is 0 Å². The van der Waals surface area contributed by atoms with Gasteiger partial charge in [-0.25, -0.2) is 17.9 Å². The Kier molecular flexibility index (Phi) is 5.04. The number of benzene rings is 1. The molecular weight excluding hydrogens is 410 g/mol. The van der Waals surface area contributed by atoms with Gasteiger partial charge in [-0.2, -0.15) is 15.0 Å². The number of rotatable bonds is 1. The molecule has 28 heavy (non-hydrogen) atoms. The van der Waals surface area contributed by atoms with Crippen molar-refractivity contribution in [2.45, 2.75) is 24.3 Å². The fourth-order valence-corrected chi connectivity index (χ4v) is 3.74. The zero-order valence-electron chi connectivity index (χ0n) is 15.4. The second-order valence-electron chi connectivity index (χ2n) is 6.67. The van der Waals surface area contributed by atoms with Crippen molar-refractivity contribution in [1.29, 1.82) is 0 Å². The van der Waals surface area contributed by atoms with Gasteiger partial charge in [-0.05, 0) is 31.5 Å². The molecule has 150 valence electrons. The first-order valence-corrected chi connectivity index (χ1v) is 9.85. The summed E-state index contributed by atoms with van der Waals surface area (Å²) in [5.74, 6) is -0.000647. The van der Waals surface area contributed by atoms with Crippen molar-refractivity contribution in [1.82, 2.24) is 25.2 Å². The predicted octanol–water partition coefficient (Wildman–Crippen LogP) is 1.23. The fourth-order valence-electron chi connectivity index (χ4n) is 2.29. The Morgan fingerprint density at radius 1 is 1.18 bits per heavy atom. The van der Waals surface area contributed by atoms with E-state index in [1.807, 2.05) is 4.72 Å². The summed E-state index contributed by atoms with van der Waals surface area (Å²) < 4.78 is 26.9. The quantitative estimate of drug-likeness (QED) is 0.613. The minimum atomic E-state index is -4.22. The third-order valence-corrected chi connectivity index (χ3v) is 5.61. The second kappa shape index (κ2) is 7.04. The Balaban J connectivity index is 2.13. The van der Waals surface area contributed by atoms with E-state index in [1.54, 1.807) is 38.9 Å². The van der Waals surface area contributed by atoms with Gasteiger partial charge in [0.25, 0.3) is 10.0 Å². The van der Waals surface area contributed by atoms with E-state index in [0.29, 0.717) is 5.56 Å². The van der Waals surface area contributed by atoms with Crippen LogP contribution in [0.4, 0.5) is 16.7 Å². The van der Waals surface area contributed by atoms with Gasteiger partial charge in [-0.1, -0.05) is 17.7 Å². The van der Waals surface area contributed by atoms with Gasteiger partial charge in [0.1, 0.15) is 4.90 Å². The molecule has 0 unspecified atom stereocenters. The summed E-state index contributed by atoms with van der Waals surface area (Å²) >= 11 is 6.15. The number of aromatic nitrogens is 3. The number of nitrogens with zero attached hydrogens (tertiary/aromatic N) is 4. The molecule has 0 saturated carbocycles. The number of hydrogen-bond acceptors (Lipinski definition) is 9. The molecule has 2 aromatic rings. The van der Waals surface area contributed by atoms with Gasteiger partial charge < -0.3 is 9.74 Å². The van der Waals surface area contributed by atoms with Gasteiger partial charge in [-0.15, -0.1) is 5.48 Å². The van der Waals surface area contributed by atoms with Crippen molar-refractivity contribution in [3.63, 3.8) is 0 Å². The van der Waals surface area contributed by atoms with Crippen LogP contribution in [0.15, 0.2) is 23.1 Å². The molecule has 0 saturated heterocycles. The summed E-state index contributed by atoms with van der Waals surface area (Å²) in [5, 5.41) is 2.20. The zero-order chi connectivity index (χ0) is 20.7. The first kappa shape index (κ1) is 20.0. The minimum Gasteiger partial charge on any atom is -0.367 e. The lowest BCUT2D eigenvalue weighted by Crippen LogP contribution is -2.40. The molecule has 0 radical (unpaired) electrons. The molecule has 1 aromatic heterocycles. The first-order valence-electron chi connectivity index (χ1n) is 7.99. The largest absolute Gasteiger partial charge is 0.367 e. The number of carbonyl (C=O) groups is 1. The second-order valence-corrected chi connectivity index (χ2v) is 8.73. The smallest absolute Gasteiger partial charge is 0.342 e. The van der Waals surface area contributed by atoms with Gasteiger partial charge in [0.15, 0.2) is 0 Å². The molecule has 0 fully saturated rings. The van der Waals surface area contributed by atoms with Crippen LogP contribution in [0.25, 0.3) is 0 Å². The summed E-state index contributed by atoms with van der Waals surface area (Å²) in [6, 6.07) is 3.16. The molecule has 3 heterocycles. The van der Waals surface area contributed by atoms with Crippen LogP contribution >= 0.6 is 11.6 Å². The van der Waals surface area contributed by atoms with Crippen LogP contribution in [0.1, 0.15) is 19.4 Å². The van der Waals surface area contributed by atoms with Crippen LogP contribution in [-0.4, -0.2) is 43.5 Å². The number of urea groups is 1. The van der Waals surface area contributed by atoms with E-state index in [-0.39, 0.29) is 27.8 Å². The average Bonchev–Trinajstić information content (AvgIpc) is 2.58. The maximum Gasteiger partial charge on any atom is 0.342 e. The molecule has 13 heteroatoms. The molecule has 4 rings (SSSR count). The number of hydrogen-bond donors (Lipinski definition) is 3. The van der Waals surface area contributed by atoms with Crippen LogP contribution in [0.2, 0.25) is 5.02 Å². The average molecular weight is 428 g/mol. The zero-order valence-corrected chi connectivity index (χ0v) is 17.0. The Morgan fingerprint density at radius 2 is 1.89 bits per heavy atom. The Labute approximate surface area is 166 Å². The van der Waals surface area contributed by atoms with E-state index >= 15 is 0 Å². The van der Waals surface area contributed by atoms with Crippen molar-refractivity contribution in [3.8, 4) is 6.01 Å². The highest BCUT2D eigenvalue weighted by atomic mass is 35.5. The number of carbonyl (C=O) groups excluding carboxylic acids is 1. The van der Waals surface area contributed by atoms with E-state index in [9.17, 15) is 13.2 Å². The summed E-state index contributed by atoms with van der Waals surface area (Å²) in [6.07, 6.45) is 0. The number of fused-ring (bicyclic) bond motifs is 7. The van der Waals surface area contributed by atoms with Crippen LogP contribution in [0.3, 0.4) is 0 Å². The lowest BCUT2D eigenvalue weighted by Gasteiger charge is -2.26. The molecule has 2 aliphatic rings. The number of halogens is 1. The predicted molar refractivity (Wildman–Crippen MR) is 102 cm³/mol. The highest BCUT2D eigenvalue weighted by Gasteiger charge is 2.27. The van der Waals surface area contributed by atoms with Crippen LogP contribution in [-0.2, 0) is 15.6 Å². The number of amides is 2. The summed E-state index contributed by atoms with van der Waals surface area (Å²) in [4.78, 5) is 31.1. The van der Waals surface area contributed by atoms with E-state index in [1.165, 1.54) is 12.1 Å². The molecule has 0 atom stereocenters. The molecule has 0 aliphatic carbocycles. The lowest BCUT2D eigenvalue weighted by atomic mass is 9.95. The molecule has 4 bridgehead atoms. The van der Waals surface area contributed by atoms with E-state index in [2.05, 4.69) is 25.7 Å². The number of nitrogens with one attached hydrogen (secondary N) is 3. The third-order valence-electron chi connectivity index (χ3n) is 3.80. The van der Waals surface area contributed by atoms with Gasteiger partial charge in [-0.3, -0.25) is 5.32 Å². The van der Waals surface area contributed by atoms with Crippen LogP contribution in [0.5, 0.6) is 6.01 Å². The number of hydroxylamine groups is 1. The number of sulfonamides is 1. The SMILES string of the molecule is CN(C)c1nc2nc(n1)ONC(C)(C)c1ccc(c(Cl)c1)S(=O)(=O)NC(=O)N2. The standard InChI is InChI=1S/C15H18ClN7O4S/c1-15(2)8-5-6-10(9(16)7-8)28(25,26)21-13(24)18-11-17-12(23(3)4)20-14(19-11)27-22-15/h5-7,22H,1-4H3,(H2,17,18,19,20,21,24). The minimum absolute atomic E-state index is 0.0486. The Hall–Kier alpha value is -2.70. The molecule has 0 spiro atoms. The summed E-state index contributed by atoms with van der Waals surface area (Å²) in [6.45, 7) is 3.60. The number of anilines is 2. The summed E-state index contributed by atoms with van der Waals surface area (Å²) in [7, 11) is -0.845. The van der Waals surface area contributed by atoms with Crippen molar-refractivity contribution in [2.75, 3.05) is 24.3 Å². The third kappa shape index (κ3) is 4.08. The van der Waals surface area contributed by atoms with Crippen LogP contribution < -0.4 is 25.3 Å². The molecule has 3 N–H and O–H groups in total. The van der Waals surface area contributed by atoms with E-state index in [4.69, 9.17) is 16.4 Å². The normalized spacial score (nSPS) is 17.7. The highest BCUT2D eigenvalue weighted by molar-refractivity contribution is 7.90. The maximum absolute atomic E-state index is 12.5. The molecule has 2 aliphatic heterocycles. The molecule has 11 nitrogen and oxygen atoms in total. The van der Waals surface area contributed by atoms with Gasteiger partial charge >= 0.3 is 12.0 Å². The van der Waals surface area contributed by atoms with Crippen molar-refractivity contribution in [3.05, 3.63) is 28.8 Å². The fraction of sp³-hybridized carbons (Fsp3) is 0.333. The maximum atomic E-state index is 12.5. The topological polar surface area (TPSA) is 138 Å². The van der Waals surface area contributed by atoms with Crippen molar-refractivity contribution < 1.29 is 18.0 Å². The highest BCUT2D eigenvalue weighted by Crippen LogP contribution is 2.29. The molecular formula is C15H18ClN7O4S. The monoisotopic (exact) mass is 427 g/mol. The van der Waals surface area contributed by atoms with Crippen LogP contribution in [0, 0.1) is 0 Å². The summed E-state index contributed by atoms with van der Waals surface area (Å²) in [5.41, 5.74) is 2.67. The lowest BCUT2D eigenvalue weighted by molar-refractivity contribution is 0.0956. The van der Waals surface area contributed by atoms with Gasteiger partial charge in [0.05, 0.1) is 10.6 Å². The van der Waals surface area contributed by atoms with E-state index in [0.717, 1.165) is 0 Å². The van der Waals surface area contributed by atoms with E-state index < -0.39 is 21.6 Å². The Bertz CT molecular complexity index is 1040. The Morgan fingerprint density at radius 3 is 2.54 bits per heavy atom. The van der Waals surface area contributed by atoms with Crippen molar-refractivity contribution >= 4 is 39.6 Å². The molecule has 2 amide bonds. The first-order chi connectivity index (χ1) is 13.0. The molecule has 1 aromatic carbocycles. The van der Waals surface area contributed by atoms with Gasteiger partial charge in [0.2, 0.25) is 11.9 Å².